The van der Waals surface area contributed by atoms with Crippen molar-refractivity contribution < 1.29 is 4.79 Å². The van der Waals surface area contributed by atoms with Crippen molar-refractivity contribution in [2.24, 2.45) is 0 Å². The summed E-state index contributed by atoms with van der Waals surface area (Å²) in [6, 6.07) is 3.81. The minimum Gasteiger partial charge on any atom is -0.301 e. The molecule has 1 atom stereocenters. The molecule has 18 heavy (non-hydrogen) atoms. The zero-order valence-electron chi connectivity index (χ0n) is 9.96. The molecule has 0 bridgehead atoms. The van der Waals surface area contributed by atoms with Crippen molar-refractivity contribution in [1.82, 2.24) is 4.98 Å². The summed E-state index contributed by atoms with van der Waals surface area (Å²) >= 11 is 10.8. The van der Waals surface area contributed by atoms with E-state index in [2.05, 4.69) is 26.2 Å². The molecule has 0 spiro atoms. The Balaban J connectivity index is 2.28. The second-order valence-electron chi connectivity index (χ2n) is 3.95. The Morgan fingerprint density at radius 3 is 3.00 bits per heavy atom. The van der Waals surface area contributed by atoms with Crippen LogP contribution in [0.5, 0.6) is 0 Å². The zero-order valence-corrected chi connectivity index (χ0v) is 13.1. The number of carbonyl (C=O) groups excluding carboxylic acids is 1. The number of amides is 1. The number of benzene rings is 1. The number of carbonyl (C=O) groups is 1. The summed E-state index contributed by atoms with van der Waals surface area (Å²) in [5.74, 6) is -0.0700. The van der Waals surface area contributed by atoms with Gasteiger partial charge in [-0.2, -0.15) is 0 Å². The highest BCUT2D eigenvalue weighted by Gasteiger charge is 2.15. The molecule has 3 nitrogen and oxygen atoms in total. The van der Waals surface area contributed by atoms with Gasteiger partial charge in [0.05, 0.1) is 15.0 Å². The van der Waals surface area contributed by atoms with E-state index in [4.69, 9.17) is 11.6 Å². The average molecular weight is 348 g/mol. The topological polar surface area (TPSA) is 42.0 Å². The van der Waals surface area contributed by atoms with Gasteiger partial charge in [-0.25, -0.2) is 4.98 Å². The quantitative estimate of drug-likeness (QED) is 0.838. The number of nitrogens with zero attached hydrogens (tertiary/aromatic N) is 1. The van der Waals surface area contributed by atoms with Gasteiger partial charge in [-0.1, -0.05) is 45.8 Å². The predicted molar refractivity (Wildman–Crippen MR) is 81.0 cm³/mol. The third kappa shape index (κ3) is 2.84. The first-order valence-corrected chi connectivity index (χ1v) is 7.64. The van der Waals surface area contributed by atoms with Crippen LogP contribution in [0.2, 0.25) is 5.02 Å². The largest absolute Gasteiger partial charge is 0.301 e. The Morgan fingerprint density at radius 1 is 1.61 bits per heavy atom. The van der Waals surface area contributed by atoms with Gasteiger partial charge in [0.25, 0.3) is 0 Å². The van der Waals surface area contributed by atoms with Gasteiger partial charge < -0.3 is 5.32 Å². The maximum absolute atomic E-state index is 11.7. The number of hydrogen-bond acceptors (Lipinski definition) is 3. The van der Waals surface area contributed by atoms with Gasteiger partial charge in [0.15, 0.2) is 5.13 Å². The summed E-state index contributed by atoms with van der Waals surface area (Å²) in [6.07, 6.45) is 0.738. The van der Waals surface area contributed by atoms with Crippen LogP contribution in [0.15, 0.2) is 12.1 Å². The molecular weight excluding hydrogens is 336 g/mol. The molecule has 0 aliphatic carbocycles. The lowest BCUT2D eigenvalue weighted by atomic mass is 10.2. The Morgan fingerprint density at radius 2 is 2.33 bits per heavy atom. The molecule has 2 aromatic rings. The summed E-state index contributed by atoms with van der Waals surface area (Å²) in [6.45, 7) is 3.89. The van der Waals surface area contributed by atoms with Gasteiger partial charge in [-0.15, -0.1) is 0 Å². The maximum atomic E-state index is 11.7. The SMILES string of the molecule is CC[C@@H](Br)C(=O)Nc1nc2cc(Cl)c(C)cc2s1. The number of thiazole rings is 1. The van der Waals surface area contributed by atoms with Crippen molar-refractivity contribution in [1.29, 1.82) is 0 Å². The van der Waals surface area contributed by atoms with E-state index in [0.717, 1.165) is 22.2 Å². The van der Waals surface area contributed by atoms with Crippen LogP contribution in [0.25, 0.3) is 10.2 Å². The van der Waals surface area contributed by atoms with Crippen molar-refractivity contribution in [2.45, 2.75) is 25.1 Å². The lowest BCUT2D eigenvalue weighted by Gasteiger charge is -2.04. The zero-order chi connectivity index (χ0) is 13.3. The number of hydrogen-bond donors (Lipinski definition) is 1. The Bertz CT molecular complexity index is 560. The normalized spacial score (nSPS) is 12.7. The Kier molecular flexibility index (Phi) is 4.25. The lowest BCUT2D eigenvalue weighted by Crippen LogP contribution is -2.21. The van der Waals surface area contributed by atoms with E-state index in [-0.39, 0.29) is 10.7 Å². The molecule has 0 radical (unpaired) electrons. The highest BCUT2D eigenvalue weighted by atomic mass is 79.9. The molecule has 0 aliphatic rings. The van der Waals surface area contributed by atoms with Crippen molar-refractivity contribution in [3.8, 4) is 0 Å². The molecule has 1 amide bonds. The first-order valence-electron chi connectivity index (χ1n) is 5.53. The van der Waals surface area contributed by atoms with E-state index < -0.39 is 0 Å². The van der Waals surface area contributed by atoms with Crippen LogP contribution in [0.3, 0.4) is 0 Å². The smallest absolute Gasteiger partial charge is 0.239 e. The van der Waals surface area contributed by atoms with Gasteiger partial charge in [0.1, 0.15) is 0 Å². The first kappa shape index (κ1) is 13.8. The molecule has 1 aromatic heterocycles. The van der Waals surface area contributed by atoms with Crippen molar-refractivity contribution in [2.75, 3.05) is 5.32 Å². The van der Waals surface area contributed by atoms with E-state index in [0.29, 0.717) is 10.2 Å². The summed E-state index contributed by atoms with van der Waals surface area (Å²) in [5, 5.41) is 4.10. The average Bonchev–Trinajstić information content (AvgIpc) is 2.70. The fraction of sp³-hybridized carbons (Fsp3) is 0.333. The molecule has 96 valence electrons. The van der Waals surface area contributed by atoms with E-state index in [1.54, 1.807) is 0 Å². The van der Waals surface area contributed by atoms with Crippen molar-refractivity contribution in [3.63, 3.8) is 0 Å². The highest BCUT2D eigenvalue weighted by molar-refractivity contribution is 9.10. The van der Waals surface area contributed by atoms with E-state index in [1.165, 1.54) is 11.3 Å². The molecule has 1 aromatic carbocycles. The van der Waals surface area contributed by atoms with Crippen LogP contribution in [0, 0.1) is 6.92 Å². The number of aromatic nitrogens is 1. The maximum Gasteiger partial charge on any atom is 0.239 e. The van der Waals surface area contributed by atoms with Crippen molar-refractivity contribution in [3.05, 3.63) is 22.7 Å². The molecule has 6 heteroatoms. The fourth-order valence-corrected chi connectivity index (χ4v) is 2.69. The second kappa shape index (κ2) is 5.55. The summed E-state index contributed by atoms with van der Waals surface area (Å²) < 4.78 is 1.02. The Hall–Kier alpha value is -0.650. The molecule has 0 unspecified atom stereocenters. The number of rotatable bonds is 3. The van der Waals surface area contributed by atoms with Crippen LogP contribution in [-0.2, 0) is 4.79 Å². The van der Waals surface area contributed by atoms with Gasteiger partial charge >= 0.3 is 0 Å². The molecule has 0 fully saturated rings. The number of alkyl halides is 1. The van der Waals surface area contributed by atoms with Crippen LogP contribution < -0.4 is 5.32 Å². The van der Waals surface area contributed by atoms with Crippen LogP contribution in [-0.4, -0.2) is 15.7 Å². The second-order valence-corrected chi connectivity index (χ2v) is 6.50. The van der Waals surface area contributed by atoms with Gasteiger partial charge in [0.2, 0.25) is 5.91 Å². The molecule has 1 N–H and O–H groups in total. The van der Waals surface area contributed by atoms with E-state index in [9.17, 15) is 4.79 Å². The van der Waals surface area contributed by atoms with Crippen LogP contribution >= 0.6 is 38.9 Å². The molecule has 1 heterocycles. The van der Waals surface area contributed by atoms with E-state index >= 15 is 0 Å². The van der Waals surface area contributed by atoms with Crippen molar-refractivity contribution >= 4 is 60.1 Å². The van der Waals surface area contributed by atoms with Gasteiger partial charge in [-0.3, -0.25) is 4.79 Å². The third-order valence-corrected chi connectivity index (χ3v) is 4.95. The lowest BCUT2D eigenvalue weighted by molar-refractivity contribution is -0.115. The molecular formula is C12H12BrClN2OS. The fourth-order valence-electron chi connectivity index (χ4n) is 1.47. The summed E-state index contributed by atoms with van der Waals surface area (Å²) in [5.41, 5.74) is 1.83. The molecule has 0 saturated carbocycles. The van der Waals surface area contributed by atoms with E-state index in [1.807, 2.05) is 26.0 Å². The van der Waals surface area contributed by atoms with Gasteiger partial charge in [0, 0.05) is 5.02 Å². The minimum absolute atomic E-state index is 0.0700. The highest BCUT2D eigenvalue weighted by Crippen LogP contribution is 2.30. The van der Waals surface area contributed by atoms with Crippen LogP contribution in [0.4, 0.5) is 5.13 Å². The van der Waals surface area contributed by atoms with Crippen LogP contribution in [0.1, 0.15) is 18.9 Å². The minimum atomic E-state index is -0.185. The standard InChI is InChI=1S/C12H12BrClN2OS/c1-3-7(13)11(17)16-12-15-9-5-8(14)6(2)4-10(9)18-12/h4-5,7H,3H2,1-2H3,(H,15,16,17)/t7-/m1/s1. The molecule has 2 rings (SSSR count). The number of fused-ring (bicyclic) bond motifs is 1. The number of anilines is 1. The monoisotopic (exact) mass is 346 g/mol. The number of aryl methyl sites for hydroxylation is 1. The predicted octanol–water partition coefficient (Wildman–Crippen LogP) is 4.37. The number of nitrogens with one attached hydrogen (secondary N) is 1. The molecule has 0 aliphatic heterocycles. The Labute approximate surface area is 123 Å². The first-order chi connectivity index (χ1) is 8.51. The summed E-state index contributed by atoms with van der Waals surface area (Å²) in [7, 11) is 0. The number of halogens is 2. The summed E-state index contributed by atoms with van der Waals surface area (Å²) in [4.78, 5) is 15.9. The third-order valence-electron chi connectivity index (χ3n) is 2.54. The van der Waals surface area contributed by atoms with Gasteiger partial charge in [-0.05, 0) is 31.0 Å². The molecule has 0 saturated heterocycles.